The molecule has 4 aromatic heterocycles. The number of imidazole rings is 1. The summed E-state index contributed by atoms with van der Waals surface area (Å²) in [5, 5.41) is 10.3. The Kier molecular flexibility index (Phi) is 6.97. The van der Waals surface area contributed by atoms with Crippen molar-refractivity contribution in [3.05, 3.63) is 59.4 Å². The van der Waals surface area contributed by atoms with Crippen LogP contribution in [-0.2, 0) is 9.47 Å². The van der Waals surface area contributed by atoms with Crippen LogP contribution in [0, 0.1) is 0 Å². The molecule has 0 spiro atoms. The monoisotopic (exact) mass is 543 g/mol. The summed E-state index contributed by atoms with van der Waals surface area (Å²) in [6.45, 7) is 6.97. The highest BCUT2D eigenvalue weighted by Crippen LogP contribution is 2.32. The first kappa shape index (κ1) is 26.0. The lowest BCUT2D eigenvalue weighted by Crippen LogP contribution is -2.27. The van der Waals surface area contributed by atoms with E-state index in [-0.39, 0.29) is 23.5 Å². The highest BCUT2D eigenvalue weighted by Gasteiger charge is 2.24. The molecule has 11 nitrogen and oxygen atoms in total. The van der Waals surface area contributed by atoms with Crippen molar-refractivity contribution in [2.24, 2.45) is 0 Å². The van der Waals surface area contributed by atoms with Crippen LogP contribution < -0.4 is 5.56 Å². The minimum absolute atomic E-state index is 0.105. The van der Waals surface area contributed by atoms with Gasteiger partial charge in [-0.1, -0.05) is 31.5 Å². The summed E-state index contributed by atoms with van der Waals surface area (Å²) in [7, 11) is 0. The van der Waals surface area contributed by atoms with E-state index in [0.717, 1.165) is 49.7 Å². The van der Waals surface area contributed by atoms with E-state index < -0.39 is 6.09 Å². The van der Waals surface area contributed by atoms with Gasteiger partial charge in [0.25, 0.3) is 5.56 Å². The molecule has 1 unspecified atom stereocenters. The number of aromatic nitrogens is 7. The van der Waals surface area contributed by atoms with Crippen LogP contribution in [0.1, 0.15) is 65.1 Å². The zero-order chi connectivity index (χ0) is 27.8. The lowest BCUT2D eigenvalue weighted by Gasteiger charge is -2.22. The smallest absolute Gasteiger partial charge is 0.418 e. The second-order valence-electron chi connectivity index (χ2n) is 10.4. The molecule has 0 N–H and O–H groups in total. The fraction of sp³-hybridized carbons (Fsp3) is 0.414. The van der Waals surface area contributed by atoms with Crippen LogP contribution >= 0.6 is 0 Å². The molecule has 1 aromatic carbocycles. The van der Waals surface area contributed by atoms with Gasteiger partial charge in [-0.15, -0.1) is 5.10 Å². The van der Waals surface area contributed by atoms with Crippen LogP contribution in [0.25, 0.3) is 39.2 Å². The van der Waals surface area contributed by atoms with Crippen LogP contribution in [0.4, 0.5) is 4.79 Å². The van der Waals surface area contributed by atoms with Gasteiger partial charge in [0, 0.05) is 41.6 Å². The first-order valence-electron chi connectivity index (χ1n) is 13.9. The van der Waals surface area contributed by atoms with E-state index in [2.05, 4.69) is 10.1 Å². The van der Waals surface area contributed by atoms with Gasteiger partial charge in [-0.2, -0.15) is 5.10 Å². The van der Waals surface area contributed by atoms with Gasteiger partial charge in [-0.25, -0.2) is 19.0 Å². The molecule has 1 fully saturated rings. The molecule has 1 aliphatic heterocycles. The number of unbranched alkanes of at least 4 members (excludes halogenated alkanes) is 1. The van der Waals surface area contributed by atoms with Gasteiger partial charge in [0.1, 0.15) is 6.23 Å². The number of hydrogen-bond donors (Lipinski definition) is 0. The molecular weight excluding hydrogens is 510 g/mol. The van der Waals surface area contributed by atoms with Crippen molar-refractivity contribution >= 4 is 22.6 Å². The maximum absolute atomic E-state index is 13.8. The number of carbonyl (C=O) groups excluding carboxylic acids is 1. The predicted octanol–water partition coefficient (Wildman–Crippen LogP) is 5.44. The van der Waals surface area contributed by atoms with Gasteiger partial charge in [-0.3, -0.25) is 13.9 Å². The highest BCUT2D eigenvalue weighted by atomic mass is 16.5. The van der Waals surface area contributed by atoms with Crippen LogP contribution in [0.2, 0.25) is 0 Å². The Morgan fingerprint density at radius 1 is 1.18 bits per heavy atom. The second kappa shape index (κ2) is 10.7. The number of ether oxygens (including phenoxy) is 2. The van der Waals surface area contributed by atoms with Gasteiger partial charge >= 0.3 is 6.09 Å². The standard InChI is InChI=1S/C29H33N7O4/c1-4-5-13-40-29(38)33-18-22(21-10-6-7-11-23(21)33)26-32-36-24(16-30-27(36)28(37)35(26)19(2)3)20-15-31-34(17-20)25-12-8-9-14-39-25/h6-7,10-11,15-19,25H,4-5,8-9,12-14H2,1-3H3. The molecule has 208 valence electrons. The summed E-state index contributed by atoms with van der Waals surface area (Å²) in [5.41, 5.74) is 2.72. The number of carbonyl (C=O) groups is 1. The van der Waals surface area contributed by atoms with Gasteiger partial charge in [0.2, 0.25) is 5.65 Å². The van der Waals surface area contributed by atoms with E-state index in [1.165, 1.54) is 4.57 Å². The summed E-state index contributed by atoms with van der Waals surface area (Å²) in [5.74, 6) is 0.436. The normalized spacial score (nSPS) is 15.8. The van der Waals surface area contributed by atoms with E-state index in [4.69, 9.17) is 14.6 Å². The molecule has 1 atom stereocenters. The summed E-state index contributed by atoms with van der Waals surface area (Å²) in [6, 6.07) is 7.35. The van der Waals surface area contributed by atoms with Crippen molar-refractivity contribution in [2.45, 2.75) is 65.1 Å². The van der Waals surface area contributed by atoms with Gasteiger partial charge in [0.05, 0.1) is 30.2 Å². The van der Waals surface area contributed by atoms with Crippen molar-refractivity contribution < 1.29 is 14.3 Å². The topological polar surface area (TPSA) is 110 Å². The van der Waals surface area contributed by atoms with Crippen molar-refractivity contribution in [1.82, 2.24) is 33.5 Å². The van der Waals surface area contributed by atoms with Gasteiger partial charge in [0.15, 0.2) is 5.82 Å². The van der Waals surface area contributed by atoms with E-state index in [1.54, 1.807) is 27.7 Å². The molecule has 6 rings (SSSR count). The van der Waals surface area contributed by atoms with Crippen LogP contribution in [0.5, 0.6) is 0 Å². The zero-order valence-corrected chi connectivity index (χ0v) is 23.0. The highest BCUT2D eigenvalue weighted by molar-refractivity contribution is 5.99. The third-order valence-electron chi connectivity index (χ3n) is 7.31. The number of hydrogen-bond acceptors (Lipinski definition) is 7. The quantitative estimate of drug-likeness (QED) is 0.251. The van der Waals surface area contributed by atoms with Gasteiger partial charge in [-0.05, 0) is 45.6 Å². The zero-order valence-electron chi connectivity index (χ0n) is 23.0. The largest absolute Gasteiger partial charge is 0.449 e. The van der Waals surface area contributed by atoms with Crippen molar-refractivity contribution in [3.63, 3.8) is 0 Å². The fourth-order valence-corrected chi connectivity index (χ4v) is 5.24. The molecule has 5 heterocycles. The van der Waals surface area contributed by atoms with Crippen molar-refractivity contribution in [2.75, 3.05) is 13.2 Å². The Labute approximate surface area is 230 Å². The van der Waals surface area contributed by atoms with Crippen molar-refractivity contribution in [3.8, 4) is 22.6 Å². The summed E-state index contributed by atoms with van der Waals surface area (Å²) < 4.78 is 17.9. The third-order valence-corrected chi connectivity index (χ3v) is 7.31. The van der Waals surface area contributed by atoms with Gasteiger partial charge < -0.3 is 9.47 Å². The predicted molar refractivity (Wildman–Crippen MR) is 150 cm³/mol. The number of rotatable bonds is 7. The molecule has 1 aliphatic rings. The Morgan fingerprint density at radius 3 is 2.80 bits per heavy atom. The molecule has 1 saturated heterocycles. The number of fused-ring (bicyclic) bond motifs is 2. The Balaban J connectivity index is 1.50. The molecule has 0 radical (unpaired) electrons. The summed E-state index contributed by atoms with van der Waals surface area (Å²) in [4.78, 5) is 31.3. The van der Waals surface area contributed by atoms with E-state index in [0.29, 0.717) is 29.2 Å². The summed E-state index contributed by atoms with van der Waals surface area (Å²) in [6.07, 6.45) is 11.2. The van der Waals surface area contributed by atoms with Crippen LogP contribution in [0.15, 0.2) is 53.8 Å². The Hall–Kier alpha value is -4.25. The SMILES string of the molecule is CCCCOC(=O)n1cc(-c2nn3c(-c4cnn(C5CCCCO5)c4)cnc3c(=O)n2C(C)C)c2ccccc21. The fourth-order valence-electron chi connectivity index (χ4n) is 5.24. The molecule has 11 heteroatoms. The van der Waals surface area contributed by atoms with Crippen LogP contribution in [-0.4, -0.2) is 52.8 Å². The Bertz CT molecular complexity index is 1740. The first-order chi connectivity index (χ1) is 19.5. The molecule has 0 aliphatic carbocycles. The van der Waals surface area contributed by atoms with Crippen LogP contribution in [0.3, 0.4) is 0 Å². The molecular formula is C29H33N7O4. The minimum Gasteiger partial charge on any atom is -0.449 e. The maximum Gasteiger partial charge on any atom is 0.418 e. The average molecular weight is 544 g/mol. The molecule has 5 aromatic rings. The average Bonchev–Trinajstić information content (AvgIpc) is 3.70. The molecule has 0 saturated carbocycles. The molecule has 40 heavy (non-hydrogen) atoms. The lowest BCUT2D eigenvalue weighted by molar-refractivity contribution is -0.0394. The minimum atomic E-state index is -0.462. The summed E-state index contributed by atoms with van der Waals surface area (Å²) >= 11 is 0. The number of benzene rings is 1. The number of nitrogens with zero attached hydrogens (tertiary/aromatic N) is 7. The number of para-hydroxylation sites is 1. The van der Waals surface area contributed by atoms with E-state index >= 15 is 0 Å². The van der Waals surface area contributed by atoms with Crippen molar-refractivity contribution in [1.29, 1.82) is 0 Å². The third kappa shape index (κ3) is 4.49. The molecule has 0 amide bonds. The van der Waals surface area contributed by atoms with E-state index in [9.17, 15) is 9.59 Å². The Morgan fingerprint density at radius 2 is 2.02 bits per heavy atom. The lowest BCUT2D eigenvalue weighted by atomic mass is 10.1. The second-order valence-corrected chi connectivity index (χ2v) is 10.4. The molecule has 0 bridgehead atoms. The van der Waals surface area contributed by atoms with E-state index in [1.807, 2.05) is 55.9 Å². The first-order valence-corrected chi connectivity index (χ1v) is 13.9. The maximum atomic E-state index is 13.8.